The highest BCUT2D eigenvalue weighted by atomic mass is 16.7. The maximum Gasteiger partial charge on any atom is 0.311 e. The van der Waals surface area contributed by atoms with Crippen LogP contribution in [0.1, 0.15) is 102 Å². The van der Waals surface area contributed by atoms with E-state index in [4.69, 9.17) is 28.4 Å². The largest absolute Gasteiger partial charge is 0.460 e. The SMILES string of the molecule is CC[C@H]1OC(=O)[C@H](C)[C@@H](O[C@H]2C[C@H](C)[C@@H](OC(C)=O)[C@H](C)O2)[C@H](C)[C@@H](O[C@@H]2O[C@H](C)C[C@H](N(C)C)[C@H]2O)[C@](C)(O)C[C@@H](C)CN(C)[C@H](C)/C=C/1C. The number of ether oxygens (including phenoxy) is 6. The molecule has 2 fully saturated rings. The Balaban J connectivity index is 2.11. The van der Waals surface area contributed by atoms with E-state index in [1.165, 1.54) is 6.92 Å². The highest BCUT2D eigenvalue weighted by molar-refractivity contribution is 5.73. The van der Waals surface area contributed by atoms with E-state index in [1.54, 1.807) is 13.8 Å². The molecule has 0 aliphatic carbocycles. The van der Waals surface area contributed by atoms with Crippen molar-refractivity contribution in [2.45, 2.75) is 175 Å². The molecule has 12 heteroatoms. The molecule has 0 saturated carbocycles. The predicted molar refractivity (Wildman–Crippen MR) is 195 cm³/mol. The van der Waals surface area contributed by atoms with Crippen LogP contribution in [0.15, 0.2) is 11.6 Å². The molecule has 0 spiro atoms. The van der Waals surface area contributed by atoms with Crippen molar-refractivity contribution in [3.8, 4) is 0 Å². The van der Waals surface area contributed by atoms with Gasteiger partial charge in [-0.1, -0.05) is 33.8 Å². The van der Waals surface area contributed by atoms with Crippen molar-refractivity contribution in [2.75, 3.05) is 27.7 Å². The summed E-state index contributed by atoms with van der Waals surface area (Å²) < 4.78 is 37.9. The molecule has 0 unspecified atom stereocenters. The van der Waals surface area contributed by atoms with Crippen molar-refractivity contribution < 1.29 is 48.2 Å². The fraction of sp³-hybridized carbons (Fsp3) is 0.897. The van der Waals surface area contributed by atoms with Gasteiger partial charge in [-0.05, 0) is 93.4 Å². The molecule has 0 amide bonds. The molecular weight excluding hydrogens is 656 g/mol. The van der Waals surface area contributed by atoms with Crippen LogP contribution in [0.5, 0.6) is 0 Å². The van der Waals surface area contributed by atoms with Crippen molar-refractivity contribution in [1.82, 2.24) is 9.80 Å². The molecule has 3 rings (SSSR count). The van der Waals surface area contributed by atoms with E-state index in [-0.39, 0.29) is 36.0 Å². The summed E-state index contributed by atoms with van der Waals surface area (Å²) in [4.78, 5) is 30.2. The molecule has 0 aromatic carbocycles. The number of hydrogen-bond acceptors (Lipinski definition) is 12. The topological polar surface area (TPSA) is 136 Å². The van der Waals surface area contributed by atoms with E-state index < -0.39 is 72.6 Å². The maximum atomic E-state index is 14.1. The summed E-state index contributed by atoms with van der Waals surface area (Å²) in [6.07, 6.45) is -1.87. The highest BCUT2D eigenvalue weighted by Crippen LogP contribution is 2.39. The molecule has 51 heavy (non-hydrogen) atoms. The fourth-order valence-corrected chi connectivity index (χ4v) is 8.48. The molecule has 0 bridgehead atoms. The van der Waals surface area contributed by atoms with Crippen LogP contribution in [0.3, 0.4) is 0 Å². The van der Waals surface area contributed by atoms with Crippen LogP contribution in [-0.2, 0) is 38.0 Å². The molecular formula is C39H70N2O10. The first-order valence-electron chi connectivity index (χ1n) is 19.1. The van der Waals surface area contributed by atoms with Crippen LogP contribution < -0.4 is 0 Å². The van der Waals surface area contributed by atoms with Crippen LogP contribution in [0.25, 0.3) is 0 Å². The van der Waals surface area contributed by atoms with Gasteiger partial charge in [-0.15, -0.1) is 0 Å². The molecule has 16 atom stereocenters. The summed E-state index contributed by atoms with van der Waals surface area (Å²) in [6.45, 7) is 21.5. The van der Waals surface area contributed by atoms with Crippen LogP contribution in [-0.4, -0.2) is 133 Å². The minimum atomic E-state index is -1.43. The first kappa shape index (κ1) is 43.8. The summed E-state index contributed by atoms with van der Waals surface area (Å²) in [5.41, 5.74) is -0.459. The lowest BCUT2D eigenvalue weighted by molar-refractivity contribution is -0.309. The molecule has 0 radical (unpaired) electrons. The number of nitrogens with zero attached hydrogens (tertiary/aromatic N) is 2. The predicted octanol–water partition coefficient (Wildman–Crippen LogP) is 4.54. The summed E-state index contributed by atoms with van der Waals surface area (Å²) in [5, 5.41) is 24.0. The molecule has 3 aliphatic heterocycles. The second-order valence-corrected chi connectivity index (χ2v) is 16.5. The maximum absolute atomic E-state index is 14.1. The highest BCUT2D eigenvalue weighted by Gasteiger charge is 2.50. The Morgan fingerprint density at radius 3 is 2.27 bits per heavy atom. The number of cyclic esters (lactones) is 1. The number of aliphatic hydroxyl groups excluding tert-OH is 1. The molecule has 0 aromatic heterocycles. The van der Waals surface area contributed by atoms with Gasteiger partial charge >= 0.3 is 11.9 Å². The number of carbonyl (C=O) groups excluding carboxylic acids is 2. The number of likely N-dealkylation sites (N-methyl/N-ethyl adjacent to an activating group) is 2. The van der Waals surface area contributed by atoms with E-state index in [2.05, 4.69) is 31.9 Å². The van der Waals surface area contributed by atoms with Crippen LogP contribution in [0.4, 0.5) is 0 Å². The zero-order valence-electron chi connectivity index (χ0n) is 33.8. The van der Waals surface area contributed by atoms with E-state index in [9.17, 15) is 19.8 Å². The van der Waals surface area contributed by atoms with Crippen molar-refractivity contribution in [2.24, 2.45) is 23.7 Å². The number of rotatable bonds is 7. The minimum absolute atomic E-state index is 0.0495. The smallest absolute Gasteiger partial charge is 0.311 e. The lowest BCUT2D eigenvalue weighted by atomic mass is 9.77. The van der Waals surface area contributed by atoms with Crippen molar-refractivity contribution in [3.05, 3.63) is 11.6 Å². The summed E-state index contributed by atoms with van der Waals surface area (Å²) in [7, 11) is 5.89. The van der Waals surface area contributed by atoms with Crippen LogP contribution >= 0.6 is 0 Å². The third-order valence-electron chi connectivity index (χ3n) is 11.3. The molecule has 12 nitrogen and oxygen atoms in total. The Morgan fingerprint density at radius 2 is 1.71 bits per heavy atom. The Morgan fingerprint density at radius 1 is 1.06 bits per heavy atom. The molecule has 3 aliphatic rings. The van der Waals surface area contributed by atoms with E-state index in [0.717, 1.165) is 5.57 Å². The Kier molecular flexibility index (Phi) is 16.0. The zero-order chi connectivity index (χ0) is 38.5. The van der Waals surface area contributed by atoms with Crippen molar-refractivity contribution in [3.63, 3.8) is 0 Å². The Bertz CT molecular complexity index is 1150. The van der Waals surface area contributed by atoms with Gasteiger partial charge in [0.25, 0.3) is 0 Å². The molecule has 3 heterocycles. The lowest BCUT2D eigenvalue weighted by Crippen LogP contribution is -2.59. The summed E-state index contributed by atoms with van der Waals surface area (Å²) in [5.74, 6) is -2.24. The third-order valence-corrected chi connectivity index (χ3v) is 11.3. The van der Waals surface area contributed by atoms with Crippen molar-refractivity contribution >= 4 is 11.9 Å². The number of aliphatic hydroxyl groups is 2. The molecule has 296 valence electrons. The third kappa shape index (κ3) is 11.4. The first-order chi connectivity index (χ1) is 23.7. The lowest BCUT2D eigenvalue weighted by Gasteiger charge is -2.48. The zero-order valence-corrected chi connectivity index (χ0v) is 33.8. The monoisotopic (exact) mass is 727 g/mol. The molecule has 0 aromatic rings. The Labute approximate surface area is 307 Å². The average Bonchev–Trinajstić information content (AvgIpc) is 3.02. The Hall–Kier alpha value is -1.64. The number of esters is 2. The first-order valence-corrected chi connectivity index (χ1v) is 19.1. The standard InChI is InChI=1S/C39H70N2O10/c1-15-31-22(3)16-24(5)41(14)20-21(2)19-39(11,45)36(51-38-33(43)30(40(12)13)18-25(6)46-38)26(7)35(27(8)37(44)49-31)50-32-17-23(4)34(28(9)47-32)48-29(10)42/h16,21,23-28,30-36,38,43,45H,15,17-20H2,1-14H3/b22-16+/t21-,23+,24-,25-,26+,27-,28+,30+,31-,32+,33-,34-,35+,36-,38+,39-/m1/s1. The van der Waals surface area contributed by atoms with Gasteiger partial charge in [-0.2, -0.15) is 0 Å². The van der Waals surface area contributed by atoms with Gasteiger partial charge in [0.1, 0.15) is 18.3 Å². The molecule has 2 N–H and O–H groups in total. The minimum Gasteiger partial charge on any atom is -0.460 e. The normalized spacial score (nSPS) is 45.2. The van der Waals surface area contributed by atoms with Gasteiger partial charge in [0.05, 0.1) is 35.9 Å². The van der Waals surface area contributed by atoms with Crippen molar-refractivity contribution in [1.29, 1.82) is 0 Å². The van der Waals surface area contributed by atoms with E-state index in [0.29, 0.717) is 32.2 Å². The van der Waals surface area contributed by atoms with Gasteiger partial charge in [-0.25, -0.2) is 0 Å². The van der Waals surface area contributed by atoms with Crippen LogP contribution in [0, 0.1) is 23.7 Å². The number of carbonyl (C=O) groups is 2. The van der Waals surface area contributed by atoms with Gasteiger partial charge in [0.2, 0.25) is 0 Å². The van der Waals surface area contributed by atoms with Gasteiger partial charge in [0, 0.05) is 43.8 Å². The van der Waals surface area contributed by atoms with E-state index >= 15 is 0 Å². The quantitative estimate of drug-likeness (QED) is 0.282. The second-order valence-electron chi connectivity index (χ2n) is 16.5. The summed E-state index contributed by atoms with van der Waals surface area (Å²) >= 11 is 0. The van der Waals surface area contributed by atoms with Gasteiger partial charge < -0.3 is 43.5 Å². The second kappa shape index (κ2) is 18.6. The van der Waals surface area contributed by atoms with E-state index in [1.807, 2.05) is 60.5 Å². The number of hydrogen-bond donors (Lipinski definition) is 2. The summed E-state index contributed by atoms with van der Waals surface area (Å²) in [6, 6.07) is -0.157. The average molecular weight is 727 g/mol. The fourth-order valence-electron chi connectivity index (χ4n) is 8.48. The van der Waals surface area contributed by atoms with Gasteiger partial charge in [-0.3, -0.25) is 14.5 Å². The van der Waals surface area contributed by atoms with Crippen LogP contribution in [0.2, 0.25) is 0 Å². The van der Waals surface area contributed by atoms with Gasteiger partial charge in [0.15, 0.2) is 12.6 Å². The molecule has 2 saturated heterocycles.